The Kier molecular flexibility index (Phi) is 3.11. The van der Waals surface area contributed by atoms with Crippen LogP contribution in [0.15, 0.2) is 28.8 Å². The van der Waals surface area contributed by atoms with Crippen LogP contribution in [0.5, 0.6) is 0 Å². The molecule has 0 spiro atoms. The maximum absolute atomic E-state index is 5.46. The van der Waals surface area contributed by atoms with Gasteiger partial charge in [0.25, 0.3) is 0 Å². The second-order valence-corrected chi connectivity index (χ2v) is 4.75. The van der Waals surface area contributed by atoms with Gasteiger partial charge in [-0.25, -0.2) is 0 Å². The van der Waals surface area contributed by atoms with Crippen molar-refractivity contribution in [2.75, 3.05) is 6.54 Å². The second kappa shape index (κ2) is 4.90. The minimum Gasteiger partial charge on any atom is -0.339 e. The summed E-state index contributed by atoms with van der Waals surface area (Å²) in [6.45, 7) is 0.719. The summed E-state index contributed by atoms with van der Waals surface area (Å²) >= 11 is 0. The lowest BCUT2D eigenvalue weighted by Gasteiger charge is -2.27. The molecule has 94 valence electrons. The largest absolute Gasteiger partial charge is 0.339 e. The summed E-state index contributed by atoms with van der Waals surface area (Å²) < 4.78 is 5.28. The van der Waals surface area contributed by atoms with Gasteiger partial charge in [-0.05, 0) is 36.9 Å². The van der Waals surface area contributed by atoms with E-state index in [-0.39, 0.29) is 0 Å². The first kappa shape index (κ1) is 11.4. The van der Waals surface area contributed by atoms with Crippen LogP contribution in [-0.2, 0) is 12.8 Å². The van der Waals surface area contributed by atoms with Gasteiger partial charge in [0.1, 0.15) is 0 Å². The minimum atomic E-state index is 0.327. The Morgan fingerprint density at radius 1 is 1.28 bits per heavy atom. The van der Waals surface area contributed by atoms with Gasteiger partial charge >= 0.3 is 0 Å². The molecule has 1 atom stereocenters. The molecular weight excluding hydrogens is 226 g/mol. The molecule has 0 saturated carbocycles. The van der Waals surface area contributed by atoms with E-state index in [1.54, 1.807) is 0 Å². The number of hydrogen-bond acceptors (Lipinski definition) is 4. The SMILES string of the molecule is NCCCCc1nc(C2Cc3ccccc32)no1. The summed E-state index contributed by atoms with van der Waals surface area (Å²) in [7, 11) is 0. The lowest BCUT2D eigenvalue weighted by molar-refractivity contribution is 0.366. The van der Waals surface area contributed by atoms with Crippen molar-refractivity contribution in [2.24, 2.45) is 5.73 Å². The van der Waals surface area contributed by atoms with Crippen molar-refractivity contribution in [3.05, 3.63) is 47.1 Å². The van der Waals surface area contributed by atoms with Crippen molar-refractivity contribution in [2.45, 2.75) is 31.6 Å². The Morgan fingerprint density at radius 3 is 3.00 bits per heavy atom. The van der Waals surface area contributed by atoms with Crippen molar-refractivity contribution in [1.82, 2.24) is 10.1 Å². The first-order chi connectivity index (χ1) is 8.88. The fourth-order valence-corrected chi connectivity index (χ4v) is 2.42. The average Bonchev–Trinajstić information content (AvgIpc) is 2.80. The maximum Gasteiger partial charge on any atom is 0.226 e. The van der Waals surface area contributed by atoms with Crippen molar-refractivity contribution in [3.8, 4) is 0 Å². The van der Waals surface area contributed by atoms with Crippen LogP contribution in [0.4, 0.5) is 0 Å². The summed E-state index contributed by atoms with van der Waals surface area (Å²) in [5, 5.41) is 4.10. The van der Waals surface area contributed by atoms with E-state index in [0.29, 0.717) is 5.92 Å². The van der Waals surface area contributed by atoms with Crippen LogP contribution in [0.1, 0.15) is 41.6 Å². The number of unbranched alkanes of at least 4 members (excludes halogenated alkanes) is 1. The molecule has 1 heterocycles. The monoisotopic (exact) mass is 243 g/mol. The van der Waals surface area contributed by atoms with Gasteiger partial charge in [-0.2, -0.15) is 4.98 Å². The van der Waals surface area contributed by atoms with E-state index in [9.17, 15) is 0 Å². The molecule has 1 aliphatic carbocycles. The topological polar surface area (TPSA) is 64.9 Å². The highest BCUT2D eigenvalue weighted by molar-refractivity contribution is 5.43. The van der Waals surface area contributed by atoms with Gasteiger partial charge in [-0.15, -0.1) is 0 Å². The van der Waals surface area contributed by atoms with Gasteiger partial charge < -0.3 is 10.3 Å². The molecular formula is C14H17N3O. The van der Waals surface area contributed by atoms with Gasteiger partial charge in [-0.1, -0.05) is 29.4 Å². The van der Waals surface area contributed by atoms with Crippen LogP contribution in [0.3, 0.4) is 0 Å². The van der Waals surface area contributed by atoms with E-state index < -0.39 is 0 Å². The van der Waals surface area contributed by atoms with Crippen LogP contribution in [-0.4, -0.2) is 16.7 Å². The predicted octanol–water partition coefficient (Wildman–Crippen LogP) is 2.04. The lowest BCUT2D eigenvalue weighted by atomic mass is 9.77. The van der Waals surface area contributed by atoms with Crippen LogP contribution >= 0.6 is 0 Å². The first-order valence-corrected chi connectivity index (χ1v) is 6.49. The summed E-state index contributed by atoms with van der Waals surface area (Å²) in [5.74, 6) is 1.90. The molecule has 2 aromatic rings. The van der Waals surface area contributed by atoms with E-state index in [1.807, 2.05) is 0 Å². The van der Waals surface area contributed by atoms with E-state index in [0.717, 1.165) is 43.9 Å². The normalized spacial score (nSPS) is 17.3. The third-order valence-electron chi connectivity index (χ3n) is 3.49. The Balaban J connectivity index is 1.68. The Hall–Kier alpha value is -1.68. The number of aromatic nitrogens is 2. The number of benzene rings is 1. The molecule has 3 rings (SSSR count). The molecule has 0 aliphatic heterocycles. The molecule has 4 nitrogen and oxygen atoms in total. The third kappa shape index (κ3) is 2.04. The van der Waals surface area contributed by atoms with Crippen molar-refractivity contribution >= 4 is 0 Å². The Labute approximate surface area is 106 Å². The quantitative estimate of drug-likeness (QED) is 0.816. The highest BCUT2D eigenvalue weighted by Crippen LogP contribution is 2.38. The summed E-state index contributed by atoms with van der Waals surface area (Å²) in [4.78, 5) is 4.48. The molecule has 1 aromatic heterocycles. The van der Waals surface area contributed by atoms with Crippen LogP contribution in [0.2, 0.25) is 0 Å². The van der Waals surface area contributed by atoms with Crippen molar-refractivity contribution < 1.29 is 4.52 Å². The Morgan fingerprint density at radius 2 is 2.17 bits per heavy atom. The molecule has 0 saturated heterocycles. The zero-order chi connectivity index (χ0) is 12.4. The van der Waals surface area contributed by atoms with Crippen LogP contribution < -0.4 is 5.73 Å². The summed E-state index contributed by atoms with van der Waals surface area (Å²) in [5.41, 5.74) is 8.20. The zero-order valence-corrected chi connectivity index (χ0v) is 10.3. The minimum absolute atomic E-state index is 0.327. The fraction of sp³-hybridized carbons (Fsp3) is 0.429. The van der Waals surface area contributed by atoms with Gasteiger partial charge in [0.15, 0.2) is 5.82 Å². The fourth-order valence-electron chi connectivity index (χ4n) is 2.42. The highest BCUT2D eigenvalue weighted by atomic mass is 16.5. The zero-order valence-electron chi connectivity index (χ0n) is 10.3. The van der Waals surface area contributed by atoms with Gasteiger partial charge in [0.05, 0.1) is 5.92 Å². The molecule has 0 bridgehead atoms. The van der Waals surface area contributed by atoms with Gasteiger partial charge in [0, 0.05) is 6.42 Å². The molecule has 4 heteroatoms. The summed E-state index contributed by atoms with van der Waals surface area (Å²) in [6.07, 6.45) is 3.87. The maximum atomic E-state index is 5.46. The molecule has 18 heavy (non-hydrogen) atoms. The van der Waals surface area contributed by atoms with E-state index in [2.05, 4.69) is 34.4 Å². The number of hydrogen-bond donors (Lipinski definition) is 1. The second-order valence-electron chi connectivity index (χ2n) is 4.75. The van der Waals surface area contributed by atoms with E-state index >= 15 is 0 Å². The number of nitrogens with two attached hydrogens (primary N) is 1. The number of nitrogens with zero attached hydrogens (tertiary/aromatic N) is 2. The van der Waals surface area contributed by atoms with Gasteiger partial charge in [-0.3, -0.25) is 0 Å². The highest BCUT2D eigenvalue weighted by Gasteiger charge is 2.30. The number of aryl methyl sites for hydroxylation is 1. The molecule has 0 radical (unpaired) electrons. The molecule has 1 unspecified atom stereocenters. The van der Waals surface area contributed by atoms with Crippen molar-refractivity contribution in [1.29, 1.82) is 0 Å². The smallest absolute Gasteiger partial charge is 0.226 e. The van der Waals surface area contributed by atoms with E-state index in [4.69, 9.17) is 10.3 Å². The predicted molar refractivity (Wildman–Crippen MR) is 68.3 cm³/mol. The molecule has 1 aliphatic rings. The number of fused-ring (bicyclic) bond motifs is 1. The van der Waals surface area contributed by atoms with E-state index in [1.165, 1.54) is 11.1 Å². The van der Waals surface area contributed by atoms with Crippen LogP contribution in [0, 0.1) is 0 Å². The summed E-state index contributed by atoms with van der Waals surface area (Å²) in [6, 6.07) is 8.44. The molecule has 1 aromatic carbocycles. The Bertz CT molecular complexity index is 535. The lowest BCUT2D eigenvalue weighted by Crippen LogP contribution is -2.19. The molecule has 0 fully saturated rings. The third-order valence-corrected chi connectivity index (χ3v) is 3.49. The molecule has 0 amide bonds. The average molecular weight is 243 g/mol. The number of rotatable bonds is 5. The first-order valence-electron chi connectivity index (χ1n) is 6.49. The van der Waals surface area contributed by atoms with Gasteiger partial charge in [0.2, 0.25) is 5.89 Å². The van der Waals surface area contributed by atoms with Crippen molar-refractivity contribution in [3.63, 3.8) is 0 Å². The standard InChI is InChI=1S/C14H17N3O/c15-8-4-3-7-13-16-14(17-18-13)12-9-10-5-1-2-6-11(10)12/h1-2,5-6,12H,3-4,7-9,15H2. The molecule has 2 N–H and O–H groups in total. The van der Waals surface area contributed by atoms with Crippen LogP contribution in [0.25, 0.3) is 0 Å².